The van der Waals surface area contributed by atoms with Crippen LogP contribution in [0.1, 0.15) is 24.5 Å². The zero-order chi connectivity index (χ0) is 10.6. The SMILES string of the molecule is C=Cc1ccc(C(F)F)c(OCC)c1. The van der Waals surface area contributed by atoms with Crippen LogP contribution in [0.15, 0.2) is 24.8 Å². The first-order valence-corrected chi connectivity index (χ1v) is 4.36. The molecule has 1 rings (SSSR count). The fourth-order valence-electron chi connectivity index (χ4n) is 1.14. The fraction of sp³-hybridized carbons (Fsp3) is 0.273. The predicted molar refractivity (Wildman–Crippen MR) is 52.7 cm³/mol. The van der Waals surface area contributed by atoms with E-state index in [0.717, 1.165) is 5.56 Å². The van der Waals surface area contributed by atoms with Crippen molar-refractivity contribution < 1.29 is 13.5 Å². The molecule has 0 aliphatic rings. The van der Waals surface area contributed by atoms with Crippen LogP contribution in [0.4, 0.5) is 8.78 Å². The maximum atomic E-state index is 12.5. The van der Waals surface area contributed by atoms with Gasteiger partial charge in [0, 0.05) is 0 Å². The van der Waals surface area contributed by atoms with E-state index in [0.29, 0.717) is 6.61 Å². The summed E-state index contributed by atoms with van der Waals surface area (Å²) in [5.41, 5.74) is 0.704. The van der Waals surface area contributed by atoms with Gasteiger partial charge in [-0.1, -0.05) is 18.7 Å². The molecule has 0 saturated heterocycles. The minimum Gasteiger partial charge on any atom is -0.493 e. The summed E-state index contributed by atoms with van der Waals surface area (Å²) in [7, 11) is 0. The molecule has 0 N–H and O–H groups in total. The first-order valence-electron chi connectivity index (χ1n) is 4.36. The number of alkyl halides is 2. The number of ether oxygens (including phenoxy) is 1. The van der Waals surface area contributed by atoms with Gasteiger partial charge in [-0.25, -0.2) is 8.78 Å². The van der Waals surface area contributed by atoms with Crippen LogP contribution >= 0.6 is 0 Å². The molecule has 0 amide bonds. The number of rotatable bonds is 4. The van der Waals surface area contributed by atoms with Crippen molar-refractivity contribution in [3.8, 4) is 5.75 Å². The zero-order valence-corrected chi connectivity index (χ0v) is 7.97. The molecule has 0 heterocycles. The molecule has 0 radical (unpaired) electrons. The summed E-state index contributed by atoms with van der Waals surface area (Å²) >= 11 is 0. The maximum Gasteiger partial charge on any atom is 0.267 e. The summed E-state index contributed by atoms with van der Waals surface area (Å²) in [5.74, 6) is 0.236. The highest BCUT2D eigenvalue weighted by atomic mass is 19.3. The van der Waals surface area contributed by atoms with Crippen LogP contribution in [0.25, 0.3) is 6.08 Å². The lowest BCUT2D eigenvalue weighted by atomic mass is 10.1. The predicted octanol–water partition coefficient (Wildman–Crippen LogP) is 3.67. The molecular weight excluding hydrogens is 186 g/mol. The quantitative estimate of drug-likeness (QED) is 0.717. The van der Waals surface area contributed by atoms with Gasteiger partial charge in [0.05, 0.1) is 12.2 Å². The summed E-state index contributed by atoms with van der Waals surface area (Å²) in [6.07, 6.45) is -0.909. The third-order valence-corrected chi connectivity index (χ3v) is 1.81. The van der Waals surface area contributed by atoms with Crippen LogP contribution in [0.5, 0.6) is 5.75 Å². The summed E-state index contributed by atoms with van der Waals surface area (Å²) < 4.78 is 30.1. The van der Waals surface area contributed by atoms with E-state index in [2.05, 4.69) is 6.58 Å². The van der Waals surface area contributed by atoms with Crippen LogP contribution in [-0.4, -0.2) is 6.61 Å². The fourth-order valence-corrected chi connectivity index (χ4v) is 1.14. The zero-order valence-electron chi connectivity index (χ0n) is 7.97. The number of benzene rings is 1. The Morgan fingerprint density at radius 2 is 2.21 bits per heavy atom. The Morgan fingerprint density at radius 1 is 1.50 bits per heavy atom. The van der Waals surface area contributed by atoms with Gasteiger partial charge in [-0.2, -0.15) is 0 Å². The van der Waals surface area contributed by atoms with Crippen molar-refractivity contribution in [2.24, 2.45) is 0 Å². The Kier molecular flexibility index (Phi) is 3.63. The highest BCUT2D eigenvalue weighted by molar-refractivity contribution is 5.52. The smallest absolute Gasteiger partial charge is 0.267 e. The Morgan fingerprint density at radius 3 is 2.71 bits per heavy atom. The van der Waals surface area contributed by atoms with Crippen LogP contribution in [0, 0.1) is 0 Å². The Hall–Kier alpha value is -1.38. The van der Waals surface area contributed by atoms with Gasteiger partial charge in [0.1, 0.15) is 5.75 Å². The molecule has 0 unspecified atom stereocenters. The van der Waals surface area contributed by atoms with Crippen LogP contribution < -0.4 is 4.74 Å². The molecule has 76 valence electrons. The Bertz CT molecular complexity index is 321. The monoisotopic (exact) mass is 198 g/mol. The lowest BCUT2D eigenvalue weighted by Gasteiger charge is -2.10. The van der Waals surface area contributed by atoms with Crippen LogP contribution in [0.3, 0.4) is 0 Å². The third kappa shape index (κ3) is 2.31. The normalized spacial score (nSPS) is 10.3. The van der Waals surface area contributed by atoms with Gasteiger partial charge in [-0.3, -0.25) is 0 Å². The van der Waals surface area contributed by atoms with Crippen LogP contribution in [-0.2, 0) is 0 Å². The molecular formula is C11H12F2O. The molecule has 1 aromatic rings. The van der Waals surface area contributed by atoms with Gasteiger partial charge in [0.2, 0.25) is 0 Å². The van der Waals surface area contributed by atoms with E-state index in [1.807, 2.05) is 0 Å². The topological polar surface area (TPSA) is 9.23 Å². The Labute approximate surface area is 82.0 Å². The molecule has 0 fully saturated rings. The second kappa shape index (κ2) is 4.74. The molecule has 14 heavy (non-hydrogen) atoms. The second-order valence-electron chi connectivity index (χ2n) is 2.74. The number of halogens is 2. The van der Waals surface area contributed by atoms with E-state index in [1.54, 1.807) is 25.1 Å². The van der Waals surface area contributed by atoms with Crippen molar-refractivity contribution in [2.75, 3.05) is 6.61 Å². The highest BCUT2D eigenvalue weighted by Gasteiger charge is 2.13. The van der Waals surface area contributed by atoms with Crippen molar-refractivity contribution in [3.05, 3.63) is 35.9 Å². The summed E-state index contributed by atoms with van der Waals surface area (Å²) in [6, 6.07) is 4.53. The van der Waals surface area contributed by atoms with Crippen molar-refractivity contribution in [3.63, 3.8) is 0 Å². The Balaban J connectivity index is 3.09. The first kappa shape index (κ1) is 10.7. The molecule has 1 aromatic carbocycles. The lowest BCUT2D eigenvalue weighted by Crippen LogP contribution is -1.97. The standard InChI is InChI=1S/C11H12F2O/c1-3-8-5-6-9(11(12)13)10(7-8)14-4-2/h3,5-7,11H,1,4H2,2H3. The molecule has 0 spiro atoms. The van der Waals surface area contributed by atoms with Gasteiger partial charge < -0.3 is 4.74 Å². The van der Waals surface area contributed by atoms with Crippen molar-refractivity contribution >= 4 is 6.08 Å². The van der Waals surface area contributed by atoms with Gasteiger partial charge in [-0.15, -0.1) is 0 Å². The van der Waals surface area contributed by atoms with Crippen molar-refractivity contribution in [1.29, 1.82) is 0 Å². The molecule has 3 heteroatoms. The molecule has 0 bridgehead atoms. The first-order chi connectivity index (χ1) is 6.69. The van der Waals surface area contributed by atoms with Gasteiger partial charge in [-0.05, 0) is 24.6 Å². The average molecular weight is 198 g/mol. The minimum atomic E-state index is -2.50. The highest BCUT2D eigenvalue weighted by Crippen LogP contribution is 2.30. The second-order valence-corrected chi connectivity index (χ2v) is 2.74. The molecule has 0 aliphatic heterocycles. The van der Waals surface area contributed by atoms with E-state index < -0.39 is 6.43 Å². The van der Waals surface area contributed by atoms with E-state index >= 15 is 0 Å². The number of hydrogen-bond acceptors (Lipinski definition) is 1. The molecule has 0 aromatic heterocycles. The lowest BCUT2D eigenvalue weighted by molar-refractivity contribution is 0.145. The minimum absolute atomic E-state index is 0.0718. The largest absolute Gasteiger partial charge is 0.493 e. The number of hydrogen-bond donors (Lipinski definition) is 0. The van der Waals surface area contributed by atoms with E-state index in [-0.39, 0.29) is 11.3 Å². The van der Waals surface area contributed by atoms with E-state index in [9.17, 15) is 8.78 Å². The van der Waals surface area contributed by atoms with Gasteiger partial charge in [0.15, 0.2) is 0 Å². The third-order valence-electron chi connectivity index (χ3n) is 1.81. The summed E-state index contributed by atoms with van der Waals surface area (Å²) in [4.78, 5) is 0. The summed E-state index contributed by atoms with van der Waals surface area (Å²) in [5, 5.41) is 0. The van der Waals surface area contributed by atoms with Crippen LogP contribution in [0.2, 0.25) is 0 Å². The molecule has 0 aliphatic carbocycles. The van der Waals surface area contributed by atoms with Crippen molar-refractivity contribution in [1.82, 2.24) is 0 Å². The van der Waals surface area contributed by atoms with E-state index in [4.69, 9.17) is 4.74 Å². The van der Waals surface area contributed by atoms with Crippen molar-refractivity contribution in [2.45, 2.75) is 13.3 Å². The molecule has 1 nitrogen and oxygen atoms in total. The average Bonchev–Trinajstić information content (AvgIpc) is 2.17. The summed E-state index contributed by atoms with van der Waals surface area (Å²) in [6.45, 7) is 5.70. The molecule has 0 atom stereocenters. The van der Waals surface area contributed by atoms with E-state index in [1.165, 1.54) is 6.07 Å². The van der Waals surface area contributed by atoms with Gasteiger partial charge in [0.25, 0.3) is 6.43 Å². The van der Waals surface area contributed by atoms with Gasteiger partial charge >= 0.3 is 0 Å². The molecule has 0 saturated carbocycles. The maximum absolute atomic E-state index is 12.5.